The molecule has 0 heterocycles. The molecule has 0 unspecified atom stereocenters. The lowest BCUT2D eigenvalue weighted by molar-refractivity contribution is 0.0706. The van der Waals surface area contributed by atoms with E-state index in [0.29, 0.717) is 19.8 Å². The summed E-state index contributed by atoms with van der Waals surface area (Å²) >= 11 is 0. The molecular formula is C24H54O4Si. The van der Waals surface area contributed by atoms with Crippen LogP contribution in [0.1, 0.15) is 130 Å². The fraction of sp³-hybridized carbons (Fsp3) is 1.00. The Labute approximate surface area is 184 Å². The highest BCUT2D eigenvalue weighted by Crippen LogP contribution is 2.21. The first kappa shape index (κ1) is 31.2. The first-order chi connectivity index (χ1) is 13.7. The minimum absolute atomic E-state index is 0. The van der Waals surface area contributed by atoms with Gasteiger partial charge in [-0.25, -0.2) is 0 Å². The van der Waals surface area contributed by atoms with Gasteiger partial charge in [0.2, 0.25) is 0 Å². The molecule has 0 aliphatic heterocycles. The Hall–Kier alpha value is 0.0569. The summed E-state index contributed by atoms with van der Waals surface area (Å²) < 4.78 is 17.8. The molecule has 0 aromatic rings. The standard InChI is InChI=1S/C24H52O3Si.H2O/c1-5-9-10-11-12-13-14-15-16-17-18-19-20-21-22-23-24-28(25-6-2,26-7-3)27-8-4;/h5-24H2,1-4H3;1H2. The van der Waals surface area contributed by atoms with Crippen molar-refractivity contribution in [3.63, 3.8) is 0 Å². The summed E-state index contributed by atoms with van der Waals surface area (Å²) in [6, 6.07) is 0.973. The summed E-state index contributed by atoms with van der Waals surface area (Å²) in [7, 11) is -2.40. The summed E-state index contributed by atoms with van der Waals surface area (Å²) in [5.74, 6) is 0. The third-order valence-electron chi connectivity index (χ3n) is 5.43. The first-order valence-electron chi connectivity index (χ1n) is 12.7. The maximum Gasteiger partial charge on any atom is 0.500 e. The molecule has 0 aliphatic carbocycles. The van der Waals surface area contributed by atoms with Crippen molar-refractivity contribution in [2.75, 3.05) is 19.8 Å². The van der Waals surface area contributed by atoms with Gasteiger partial charge in [0, 0.05) is 25.9 Å². The van der Waals surface area contributed by atoms with E-state index in [1.807, 2.05) is 20.8 Å². The van der Waals surface area contributed by atoms with E-state index in [1.165, 1.54) is 103 Å². The number of hydrogen-bond donors (Lipinski definition) is 0. The Morgan fingerprint density at radius 3 is 0.966 bits per heavy atom. The van der Waals surface area contributed by atoms with Gasteiger partial charge in [0.25, 0.3) is 0 Å². The van der Waals surface area contributed by atoms with Gasteiger partial charge in [0.05, 0.1) is 0 Å². The normalized spacial score (nSPS) is 11.6. The predicted octanol–water partition coefficient (Wildman–Crippen LogP) is 7.47. The van der Waals surface area contributed by atoms with Crippen LogP contribution < -0.4 is 0 Å². The second kappa shape index (κ2) is 24.3. The van der Waals surface area contributed by atoms with Crippen molar-refractivity contribution in [1.82, 2.24) is 0 Å². The van der Waals surface area contributed by atoms with Gasteiger partial charge in [-0.15, -0.1) is 0 Å². The first-order valence-corrected chi connectivity index (χ1v) is 14.6. The van der Waals surface area contributed by atoms with Crippen LogP contribution in [-0.4, -0.2) is 34.1 Å². The molecular weight excluding hydrogens is 380 g/mol. The van der Waals surface area contributed by atoms with Crippen LogP contribution in [0.2, 0.25) is 6.04 Å². The van der Waals surface area contributed by atoms with Gasteiger partial charge in [-0.2, -0.15) is 0 Å². The second-order valence-electron chi connectivity index (χ2n) is 8.04. The van der Waals surface area contributed by atoms with Crippen molar-refractivity contribution < 1.29 is 18.8 Å². The zero-order chi connectivity index (χ0) is 20.8. The number of rotatable bonds is 23. The van der Waals surface area contributed by atoms with Crippen molar-refractivity contribution in [3.05, 3.63) is 0 Å². The SMILES string of the molecule is CCCCCCCCCCCCCCCCCC[Si](OCC)(OCC)OCC.O. The molecule has 0 amide bonds. The Bertz CT molecular complexity index is 286. The molecule has 0 rings (SSSR count). The summed E-state index contributed by atoms with van der Waals surface area (Å²) in [6.07, 6.45) is 22.4. The molecule has 178 valence electrons. The fourth-order valence-corrected chi connectivity index (χ4v) is 6.58. The molecule has 0 fully saturated rings. The van der Waals surface area contributed by atoms with E-state index in [2.05, 4.69) is 6.92 Å². The van der Waals surface area contributed by atoms with Crippen LogP contribution in [-0.2, 0) is 13.3 Å². The highest BCUT2D eigenvalue weighted by atomic mass is 28.4. The molecule has 0 aromatic heterocycles. The average molecular weight is 435 g/mol. The van der Waals surface area contributed by atoms with E-state index in [1.54, 1.807) is 0 Å². The summed E-state index contributed by atoms with van der Waals surface area (Å²) in [4.78, 5) is 0. The summed E-state index contributed by atoms with van der Waals surface area (Å²) in [5, 5.41) is 0. The van der Waals surface area contributed by atoms with E-state index in [0.717, 1.165) is 6.04 Å². The molecule has 0 saturated carbocycles. The van der Waals surface area contributed by atoms with Crippen molar-refractivity contribution in [2.24, 2.45) is 0 Å². The fourth-order valence-electron chi connectivity index (χ4n) is 3.89. The molecule has 29 heavy (non-hydrogen) atoms. The van der Waals surface area contributed by atoms with Gasteiger partial charge in [0.1, 0.15) is 0 Å². The minimum Gasteiger partial charge on any atom is -0.412 e. The topological polar surface area (TPSA) is 59.2 Å². The van der Waals surface area contributed by atoms with Crippen LogP contribution in [0.4, 0.5) is 0 Å². The minimum atomic E-state index is -2.40. The zero-order valence-corrected chi connectivity index (χ0v) is 21.4. The van der Waals surface area contributed by atoms with E-state index in [4.69, 9.17) is 13.3 Å². The smallest absolute Gasteiger partial charge is 0.412 e. The Morgan fingerprint density at radius 1 is 0.414 bits per heavy atom. The van der Waals surface area contributed by atoms with Crippen LogP contribution in [0.5, 0.6) is 0 Å². The van der Waals surface area contributed by atoms with Crippen LogP contribution >= 0.6 is 0 Å². The average Bonchev–Trinajstić information content (AvgIpc) is 2.68. The zero-order valence-electron chi connectivity index (χ0n) is 20.4. The van der Waals surface area contributed by atoms with E-state index in [-0.39, 0.29) is 5.48 Å². The maximum atomic E-state index is 5.93. The Kier molecular flexibility index (Phi) is 26.2. The van der Waals surface area contributed by atoms with Gasteiger partial charge in [-0.05, 0) is 27.2 Å². The molecule has 0 spiro atoms. The molecule has 0 atom stereocenters. The molecule has 0 aromatic carbocycles. The van der Waals surface area contributed by atoms with Crippen LogP contribution in [0.25, 0.3) is 0 Å². The van der Waals surface area contributed by atoms with Crippen molar-refractivity contribution >= 4 is 8.80 Å². The maximum absolute atomic E-state index is 5.93. The van der Waals surface area contributed by atoms with Crippen LogP contribution in [0, 0.1) is 0 Å². The molecule has 2 N–H and O–H groups in total. The lowest BCUT2D eigenvalue weighted by Gasteiger charge is -2.28. The number of hydrogen-bond acceptors (Lipinski definition) is 3. The number of unbranched alkanes of at least 4 members (excludes halogenated alkanes) is 15. The van der Waals surface area contributed by atoms with Gasteiger partial charge >= 0.3 is 8.80 Å². The van der Waals surface area contributed by atoms with E-state index >= 15 is 0 Å². The molecule has 0 saturated heterocycles. The molecule has 0 bridgehead atoms. The van der Waals surface area contributed by atoms with Gasteiger partial charge in [-0.1, -0.05) is 103 Å². The largest absolute Gasteiger partial charge is 0.500 e. The molecule has 5 heteroatoms. The Balaban J connectivity index is 0. The lowest BCUT2D eigenvalue weighted by Crippen LogP contribution is -2.45. The molecule has 0 radical (unpaired) electrons. The van der Waals surface area contributed by atoms with E-state index < -0.39 is 8.80 Å². The van der Waals surface area contributed by atoms with Crippen LogP contribution in [0.3, 0.4) is 0 Å². The summed E-state index contributed by atoms with van der Waals surface area (Å²) in [6.45, 7) is 10.5. The van der Waals surface area contributed by atoms with Crippen molar-refractivity contribution in [1.29, 1.82) is 0 Å². The monoisotopic (exact) mass is 434 g/mol. The molecule has 0 aliphatic rings. The quantitative estimate of drug-likeness (QED) is 0.124. The van der Waals surface area contributed by atoms with Gasteiger partial charge in [0.15, 0.2) is 0 Å². The summed E-state index contributed by atoms with van der Waals surface area (Å²) in [5.41, 5.74) is 0. The third-order valence-corrected chi connectivity index (χ3v) is 8.58. The van der Waals surface area contributed by atoms with E-state index in [9.17, 15) is 0 Å². The lowest BCUT2D eigenvalue weighted by atomic mass is 10.0. The predicted molar refractivity (Wildman–Crippen MR) is 129 cm³/mol. The van der Waals surface area contributed by atoms with Crippen LogP contribution in [0.15, 0.2) is 0 Å². The highest BCUT2D eigenvalue weighted by Gasteiger charge is 2.39. The second-order valence-corrected chi connectivity index (χ2v) is 10.8. The molecule has 4 nitrogen and oxygen atoms in total. The Morgan fingerprint density at radius 2 is 0.690 bits per heavy atom. The van der Waals surface area contributed by atoms with Crippen molar-refractivity contribution in [2.45, 2.75) is 136 Å². The highest BCUT2D eigenvalue weighted by molar-refractivity contribution is 6.60. The van der Waals surface area contributed by atoms with Gasteiger partial charge < -0.3 is 18.8 Å². The van der Waals surface area contributed by atoms with Crippen molar-refractivity contribution in [3.8, 4) is 0 Å². The van der Waals surface area contributed by atoms with Gasteiger partial charge in [-0.3, -0.25) is 0 Å². The third kappa shape index (κ3) is 19.8.